The zero-order chi connectivity index (χ0) is 14.1. The zero-order valence-electron chi connectivity index (χ0n) is 12.1. The summed E-state index contributed by atoms with van der Waals surface area (Å²) in [6.45, 7) is 6.93. The average Bonchev–Trinajstić information content (AvgIpc) is 2.99. The fourth-order valence-electron chi connectivity index (χ4n) is 2.65. The second-order valence-electron chi connectivity index (χ2n) is 5.05. The minimum atomic E-state index is 0.0323. The highest BCUT2D eigenvalue weighted by Gasteiger charge is 2.21. The molecule has 0 aliphatic rings. The summed E-state index contributed by atoms with van der Waals surface area (Å²) in [5.74, 6) is 2.79. The molecular formula is C17H19NO2. The van der Waals surface area contributed by atoms with Crippen molar-refractivity contribution in [2.45, 2.75) is 26.8 Å². The third-order valence-corrected chi connectivity index (χ3v) is 3.53. The van der Waals surface area contributed by atoms with E-state index < -0.39 is 0 Å². The van der Waals surface area contributed by atoms with E-state index in [1.54, 1.807) is 0 Å². The normalized spacial score (nSPS) is 12.9. The van der Waals surface area contributed by atoms with Crippen LogP contribution in [0, 0.1) is 13.8 Å². The van der Waals surface area contributed by atoms with Crippen LogP contribution in [0.1, 0.15) is 35.8 Å². The van der Waals surface area contributed by atoms with Gasteiger partial charge in [0.05, 0.1) is 6.04 Å². The second kappa shape index (κ2) is 5.17. The molecule has 0 saturated heterocycles. The van der Waals surface area contributed by atoms with E-state index in [1.807, 2.05) is 32.0 Å². The zero-order valence-corrected chi connectivity index (χ0v) is 12.1. The summed E-state index contributed by atoms with van der Waals surface area (Å²) in [5.41, 5.74) is 2.06. The van der Waals surface area contributed by atoms with Crippen molar-refractivity contribution >= 4 is 11.0 Å². The Kier molecular flexibility index (Phi) is 3.36. The predicted molar refractivity (Wildman–Crippen MR) is 79.9 cm³/mol. The van der Waals surface area contributed by atoms with Crippen LogP contribution in [0.5, 0.6) is 0 Å². The first-order valence-corrected chi connectivity index (χ1v) is 6.98. The second-order valence-corrected chi connectivity index (χ2v) is 5.05. The van der Waals surface area contributed by atoms with Gasteiger partial charge in [0.2, 0.25) is 0 Å². The fourth-order valence-corrected chi connectivity index (χ4v) is 2.65. The Morgan fingerprint density at radius 3 is 2.55 bits per heavy atom. The van der Waals surface area contributed by atoms with Crippen molar-refractivity contribution in [3.8, 4) is 0 Å². The molecule has 0 radical (unpaired) electrons. The predicted octanol–water partition coefficient (Wildman–Crippen LogP) is 4.34. The Bertz CT molecular complexity index is 691. The SMILES string of the molecule is CCNC(c1cc2ccccc2o1)c1cc(C)oc1C. The maximum atomic E-state index is 6.00. The van der Waals surface area contributed by atoms with Crippen LogP contribution in [0.3, 0.4) is 0 Å². The van der Waals surface area contributed by atoms with Gasteiger partial charge in [0.1, 0.15) is 22.9 Å². The first-order chi connectivity index (χ1) is 9.69. The minimum Gasteiger partial charge on any atom is -0.466 e. The molecule has 3 rings (SSSR count). The van der Waals surface area contributed by atoms with Crippen molar-refractivity contribution in [1.82, 2.24) is 5.32 Å². The molecule has 20 heavy (non-hydrogen) atoms. The molecule has 2 aromatic heterocycles. The Hall–Kier alpha value is -2.00. The molecule has 0 bridgehead atoms. The van der Waals surface area contributed by atoms with Gasteiger partial charge in [0.15, 0.2) is 0 Å². The number of benzene rings is 1. The molecule has 0 fully saturated rings. The van der Waals surface area contributed by atoms with E-state index in [1.165, 1.54) is 0 Å². The minimum absolute atomic E-state index is 0.0323. The van der Waals surface area contributed by atoms with Gasteiger partial charge in [-0.05, 0) is 38.6 Å². The van der Waals surface area contributed by atoms with Crippen LogP contribution < -0.4 is 5.32 Å². The number of furan rings is 2. The molecule has 1 aromatic carbocycles. The van der Waals surface area contributed by atoms with E-state index in [0.717, 1.165) is 40.4 Å². The summed E-state index contributed by atoms with van der Waals surface area (Å²) in [7, 11) is 0. The van der Waals surface area contributed by atoms with Gasteiger partial charge in [0.25, 0.3) is 0 Å². The molecule has 1 atom stereocenters. The van der Waals surface area contributed by atoms with Crippen LogP contribution in [0.2, 0.25) is 0 Å². The molecule has 0 amide bonds. The van der Waals surface area contributed by atoms with Crippen molar-refractivity contribution in [2.75, 3.05) is 6.54 Å². The number of fused-ring (bicyclic) bond motifs is 1. The number of hydrogen-bond donors (Lipinski definition) is 1. The van der Waals surface area contributed by atoms with Gasteiger partial charge in [0, 0.05) is 10.9 Å². The largest absolute Gasteiger partial charge is 0.466 e. The number of para-hydroxylation sites is 1. The Labute approximate surface area is 118 Å². The molecule has 0 aliphatic heterocycles. The lowest BCUT2D eigenvalue weighted by molar-refractivity contribution is 0.461. The maximum Gasteiger partial charge on any atom is 0.134 e. The Morgan fingerprint density at radius 2 is 1.90 bits per heavy atom. The van der Waals surface area contributed by atoms with Crippen molar-refractivity contribution in [3.05, 3.63) is 59.2 Å². The molecular weight excluding hydrogens is 250 g/mol. The summed E-state index contributed by atoms with van der Waals surface area (Å²) >= 11 is 0. The average molecular weight is 269 g/mol. The number of nitrogens with one attached hydrogen (secondary N) is 1. The molecule has 104 valence electrons. The van der Waals surface area contributed by atoms with E-state index in [9.17, 15) is 0 Å². The Morgan fingerprint density at radius 1 is 1.10 bits per heavy atom. The van der Waals surface area contributed by atoms with Gasteiger partial charge >= 0.3 is 0 Å². The van der Waals surface area contributed by atoms with Gasteiger partial charge in [-0.1, -0.05) is 25.1 Å². The van der Waals surface area contributed by atoms with Crippen molar-refractivity contribution in [1.29, 1.82) is 0 Å². The van der Waals surface area contributed by atoms with E-state index >= 15 is 0 Å². The smallest absolute Gasteiger partial charge is 0.134 e. The molecule has 1 N–H and O–H groups in total. The summed E-state index contributed by atoms with van der Waals surface area (Å²) in [5, 5.41) is 4.60. The maximum absolute atomic E-state index is 6.00. The van der Waals surface area contributed by atoms with E-state index in [2.05, 4.69) is 30.4 Å². The lowest BCUT2D eigenvalue weighted by atomic mass is 10.0. The summed E-state index contributed by atoms with van der Waals surface area (Å²) in [6.07, 6.45) is 0. The third-order valence-electron chi connectivity index (χ3n) is 3.53. The van der Waals surface area contributed by atoms with E-state index in [4.69, 9.17) is 8.83 Å². The highest BCUT2D eigenvalue weighted by Crippen LogP contribution is 2.31. The van der Waals surface area contributed by atoms with Crippen LogP contribution in [0.4, 0.5) is 0 Å². The molecule has 2 heterocycles. The van der Waals surface area contributed by atoms with E-state index in [-0.39, 0.29) is 6.04 Å². The number of rotatable bonds is 4. The van der Waals surface area contributed by atoms with Crippen molar-refractivity contribution < 1.29 is 8.83 Å². The van der Waals surface area contributed by atoms with Crippen LogP contribution in [-0.2, 0) is 0 Å². The molecule has 0 spiro atoms. The molecule has 3 aromatic rings. The van der Waals surface area contributed by atoms with Crippen molar-refractivity contribution in [2.24, 2.45) is 0 Å². The highest BCUT2D eigenvalue weighted by molar-refractivity contribution is 5.78. The first-order valence-electron chi connectivity index (χ1n) is 6.98. The standard InChI is InChI=1S/C17H19NO2/c1-4-18-17(14-9-11(2)19-12(14)3)16-10-13-7-5-6-8-15(13)20-16/h5-10,17-18H,4H2,1-3H3. The summed E-state index contributed by atoms with van der Waals surface area (Å²) in [6, 6.07) is 12.3. The molecule has 0 saturated carbocycles. The quantitative estimate of drug-likeness (QED) is 0.765. The van der Waals surface area contributed by atoms with E-state index in [0.29, 0.717) is 0 Å². The van der Waals surface area contributed by atoms with Crippen LogP contribution in [0.15, 0.2) is 45.2 Å². The molecule has 1 unspecified atom stereocenters. The summed E-state index contributed by atoms with van der Waals surface area (Å²) < 4.78 is 11.7. The monoisotopic (exact) mass is 269 g/mol. The topological polar surface area (TPSA) is 38.3 Å². The van der Waals surface area contributed by atoms with Gasteiger partial charge < -0.3 is 14.2 Å². The van der Waals surface area contributed by atoms with Gasteiger partial charge in [-0.25, -0.2) is 0 Å². The number of aryl methyl sites for hydroxylation is 2. The van der Waals surface area contributed by atoms with Gasteiger partial charge in [-0.15, -0.1) is 0 Å². The first kappa shape index (κ1) is 13.0. The summed E-state index contributed by atoms with van der Waals surface area (Å²) in [4.78, 5) is 0. The Balaban J connectivity index is 2.08. The highest BCUT2D eigenvalue weighted by atomic mass is 16.3. The fraction of sp³-hybridized carbons (Fsp3) is 0.294. The lowest BCUT2D eigenvalue weighted by Gasteiger charge is -2.14. The van der Waals surface area contributed by atoms with Gasteiger partial charge in [-0.2, -0.15) is 0 Å². The molecule has 3 heteroatoms. The molecule has 3 nitrogen and oxygen atoms in total. The number of hydrogen-bond acceptors (Lipinski definition) is 3. The van der Waals surface area contributed by atoms with Gasteiger partial charge in [-0.3, -0.25) is 0 Å². The van der Waals surface area contributed by atoms with Crippen LogP contribution in [-0.4, -0.2) is 6.54 Å². The van der Waals surface area contributed by atoms with Crippen LogP contribution in [0.25, 0.3) is 11.0 Å². The molecule has 0 aliphatic carbocycles. The van der Waals surface area contributed by atoms with Crippen LogP contribution >= 0.6 is 0 Å². The lowest BCUT2D eigenvalue weighted by Crippen LogP contribution is -2.21. The third kappa shape index (κ3) is 2.25. The van der Waals surface area contributed by atoms with Crippen molar-refractivity contribution in [3.63, 3.8) is 0 Å².